The molecule has 0 radical (unpaired) electrons. The highest BCUT2D eigenvalue weighted by Gasteiger charge is 2.18. The molecule has 25 heavy (non-hydrogen) atoms. The lowest BCUT2D eigenvalue weighted by Gasteiger charge is -2.19. The van der Waals surface area contributed by atoms with Gasteiger partial charge in [0.05, 0.1) is 0 Å². The molecule has 3 aromatic rings. The highest BCUT2D eigenvalue weighted by atomic mass is 19.1. The number of pyridine rings is 1. The Kier molecular flexibility index (Phi) is 4.06. The second kappa shape index (κ2) is 6.51. The predicted octanol–water partition coefficient (Wildman–Crippen LogP) is 3.17. The number of fused-ring (bicyclic) bond motifs is 2. The number of benzene rings is 2. The molecule has 1 N–H and O–H groups in total. The lowest BCUT2D eigenvalue weighted by atomic mass is 10.2. The summed E-state index contributed by atoms with van der Waals surface area (Å²) in [6, 6.07) is 16.4. The van der Waals surface area contributed by atoms with Gasteiger partial charge in [-0.15, -0.1) is 0 Å². The normalized spacial score (nSPS) is 13.1. The van der Waals surface area contributed by atoms with Gasteiger partial charge < -0.3 is 10.2 Å². The molecule has 2 aromatic carbocycles. The fraction of sp³-hybridized carbons (Fsp3) is 0.200. The Morgan fingerprint density at radius 3 is 2.92 bits per heavy atom. The summed E-state index contributed by atoms with van der Waals surface area (Å²) in [6.45, 7) is 2.23. The molecule has 1 aromatic heterocycles. The van der Waals surface area contributed by atoms with Crippen molar-refractivity contribution in [2.75, 3.05) is 24.5 Å². The first-order chi connectivity index (χ1) is 12.2. The number of rotatable bonds is 4. The van der Waals surface area contributed by atoms with E-state index >= 15 is 0 Å². The molecule has 0 saturated heterocycles. The van der Waals surface area contributed by atoms with Crippen molar-refractivity contribution in [3.63, 3.8) is 0 Å². The van der Waals surface area contributed by atoms with Gasteiger partial charge in [-0.05, 0) is 30.2 Å². The van der Waals surface area contributed by atoms with E-state index in [9.17, 15) is 9.18 Å². The predicted molar refractivity (Wildman–Crippen MR) is 96.4 cm³/mol. The fourth-order valence-corrected chi connectivity index (χ4v) is 3.27. The molecule has 2 heterocycles. The molecule has 0 aliphatic carbocycles. The first-order valence-corrected chi connectivity index (χ1v) is 8.39. The molecule has 0 saturated carbocycles. The van der Waals surface area contributed by atoms with Gasteiger partial charge in [0.25, 0.3) is 5.91 Å². The third kappa shape index (κ3) is 3.05. The van der Waals surface area contributed by atoms with E-state index in [1.54, 1.807) is 24.3 Å². The van der Waals surface area contributed by atoms with Crippen LogP contribution in [0.2, 0.25) is 0 Å². The molecule has 126 valence electrons. The molecule has 1 aliphatic heterocycles. The lowest BCUT2D eigenvalue weighted by molar-refractivity contribution is 0.0950. The molecule has 4 rings (SSSR count). The monoisotopic (exact) mass is 335 g/mol. The van der Waals surface area contributed by atoms with E-state index in [1.807, 2.05) is 6.07 Å². The van der Waals surface area contributed by atoms with E-state index < -0.39 is 5.82 Å². The van der Waals surface area contributed by atoms with Gasteiger partial charge in [0.15, 0.2) is 0 Å². The summed E-state index contributed by atoms with van der Waals surface area (Å²) in [5.74, 6) is -0.696. The van der Waals surface area contributed by atoms with Crippen LogP contribution in [0.3, 0.4) is 0 Å². The summed E-state index contributed by atoms with van der Waals surface area (Å²) in [7, 11) is 0. The Morgan fingerprint density at radius 1 is 1.12 bits per heavy atom. The molecule has 1 amide bonds. The first-order valence-electron chi connectivity index (χ1n) is 8.39. The van der Waals surface area contributed by atoms with E-state index in [2.05, 4.69) is 33.4 Å². The minimum Gasteiger partial charge on any atom is -0.369 e. The Balaban J connectivity index is 1.41. The zero-order valence-electron chi connectivity index (χ0n) is 13.7. The zero-order chi connectivity index (χ0) is 17.2. The summed E-state index contributed by atoms with van der Waals surface area (Å²) >= 11 is 0. The van der Waals surface area contributed by atoms with Crippen molar-refractivity contribution in [1.29, 1.82) is 0 Å². The van der Waals surface area contributed by atoms with Crippen LogP contribution in [-0.4, -0.2) is 30.5 Å². The molecule has 0 unspecified atom stereocenters. The second-order valence-electron chi connectivity index (χ2n) is 6.13. The number of nitrogens with one attached hydrogen (secondary N) is 1. The number of carbonyl (C=O) groups is 1. The van der Waals surface area contributed by atoms with E-state index in [0.29, 0.717) is 11.9 Å². The van der Waals surface area contributed by atoms with Gasteiger partial charge in [0.2, 0.25) is 0 Å². The van der Waals surface area contributed by atoms with E-state index in [0.717, 1.165) is 19.5 Å². The summed E-state index contributed by atoms with van der Waals surface area (Å²) in [6.07, 6.45) is 1.04. The molecule has 0 spiro atoms. The maximum atomic E-state index is 13.8. The standard InChI is InChI=1S/C20H18FN3O/c21-16-6-3-5-15-8-9-17(23-19(15)16)20(25)22-11-13-24-12-10-14-4-1-2-7-18(14)24/h1-9H,10-13H2,(H,22,25). The second-order valence-corrected chi connectivity index (χ2v) is 6.13. The molecule has 4 nitrogen and oxygen atoms in total. The summed E-state index contributed by atoms with van der Waals surface area (Å²) in [4.78, 5) is 18.7. The summed E-state index contributed by atoms with van der Waals surface area (Å²) < 4.78 is 13.8. The van der Waals surface area contributed by atoms with Crippen molar-refractivity contribution in [3.8, 4) is 0 Å². The van der Waals surface area contributed by atoms with Gasteiger partial charge >= 0.3 is 0 Å². The average Bonchev–Trinajstić information content (AvgIpc) is 3.05. The quantitative estimate of drug-likeness (QED) is 0.796. The van der Waals surface area contributed by atoms with Gasteiger partial charge in [-0.1, -0.05) is 36.4 Å². The van der Waals surface area contributed by atoms with E-state index in [1.165, 1.54) is 17.3 Å². The van der Waals surface area contributed by atoms with Crippen LogP contribution >= 0.6 is 0 Å². The maximum Gasteiger partial charge on any atom is 0.269 e. The number of amides is 1. The van der Waals surface area contributed by atoms with Crippen LogP contribution in [0.4, 0.5) is 10.1 Å². The minimum absolute atomic E-state index is 0.226. The molecule has 0 atom stereocenters. The highest BCUT2D eigenvalue weighted by Crippen LogP contribution is 2.26. The molecule has 5 heteroatoms. The number of para-hydroxylation sites is 2. The first kappa shape index (κ1) is 15.6. The van der Waals surface area contributed by atoms with Gasteiger partial charge in [-0.25, -0.2) is 9.37 Å². The van der Waals surface area contributed by atoms with Crippen LogP contribution in [0.15, 0.2) is 54.6 Å². The molecule has 0 bridgehead atoms. The van der Waals surface area contributed by atoms with E-state index in [-0.39, 0.29) is 17.1 Å². The Bertz CT molecular complexity index is 941. The number of halogens is 1. The SMILES string of the molecule is O=C(NCCN1CCc2ccccc21)c1ccc2cccc(F)c2n1. The van der Waals surface area contributed by atoms with Crippen LogP contribution in [0.1, 0.15) is 16.1 Å². The lowest BCUT2D eigenvalue weighted by Crippen LogP contribution is -2.34. The number of hydrogen-bond acceptors (Lipinski definition) is 3. The fourth-order valence-electron chi connectivity index (χ4n) is 3.27. The minimum atomic E-state index is -0.416. The largest absolute Gasteiger partial charge is 0.369 e. The summed E-state index contributed by atoms with van der Waals surface area (Å²) in [5.41, 5.74) is 3.05. The van der Waals surface area contributed by atoms with Gasteiger partial charge in [0.1, 0.15) is 17.0 Å². The van der Waals surface area contributed by atoms with Crippen molar-refractivity contribution in [2.24, 2.45) is 0 Å². The molecular weight excluding hydrogens is 317 g/mol. The molecular formula is C20H18FN3O. The smallest absolute Gasteiger partial charge is 0.269 e. The molecule has 0 fully saturated rings. The summed E-state index contributed by atoms with van der Waals surface area (Å²) in [5, 5.41) is 3.56. The van der Waals surface area contributed by atoms with Crippen molar-refractivity contribution in [2.45, 2.75) is 6.42 Å². The van der Waals surface area contributed by atoms with Crippen LogP contribution < -0.4 is 10.2 Å². The topological polar surface area (TPSA) is 45.2 Å². The van der Waals surface area contributed by atoms with Crippen LogP contribution in [0, 0.1) is 5.82 Å². The number of hydrogen-bond donors (Lipinski definition) is 1. The number of carbonyl (C=O) groups excluding carboxylic acids is 1. The third-order valence-corrected chi connectivity index (χ3v) is 4.55. The maximum absolute atomic E-state index is 13.8. The Morgan fingerprint density at radius 2 is 2.00 bits per heavy atom. The Hall–Kier alpha value is -2.95. The Labute approximate surface area is 145 Å². The number of anilines is 1. The van der Waals surface area contributed by atoms with Gasteiger partial charge in [0, 0.05) is 30.7 Å². The number of aromatic nitrogens is 1. The van der Waals surface area contributed by atoms with Crippen molar-refractivity contribution < 1.29 is 9.18 Å². The number of nitrogens with zero attached hydrogens (tertiary/aromatic N) is 2. The van der Waals surface area contributed by atoms with Gasteiger partial charge in [-0.3, -0.25) is 4.79 Å². The average molecular weight is 335 g/mol. The zero-order valence-corrected chi connectivity index (χ0v) is 13.7. The van der Waals surface area contributed by atoms with Gasteiger partial charge in [-0.2, -0.15) is 0 Å². The molecule has 1 aliphatic rings. The van der Waals surface area contributed by atoms with Crippen LogP contribution in [0.25, 0.3) is 10.9 Å². The third-order valence-electron chi connectivity index (χ3n) is 4.55. The van der Waals surface area contributed by atoms with Crippen molar-refractivity contribution in [3.05, 3.63) is 71.7 Å². The van der Waals surface area contributed by atoms with Crippen LogP contribution in [0.5, 0.6) is 0 Å². The van der Waals surface area contributed by atoms with E-state index in [4.69, 9.17) is 0 Å². The van der Waals surface area contributed by atoms with Crippen molar-refractivity contribution in [1.82, 2.24) is 10.3 Å². The van der Waals surface area contributed by atoms with Crippen molar-refractivity contribution >= 4 is 22.5 Å². The highest BCUT2D eigenvalue weighted by molar-refractivity contribution is 5.94. The van der Waals surface area contributed by atoms with Crippen LogP contribution in [-0.2, 0) is 6.42 Å².